The normalized spacial score (nSPS) is 28.4. The molecule has 0 saturated carbocycles. The standard InChI is InChI=1S/C10H14N2O2/c13-10(2-1-6-14-7-3-10)9-8-11-4-5-12-9/h4-5,8,13H,1-3,6-7H2. The van der Waals surface area contributed by atoms with Gasteiger partial charge in [-0.25, -0.2) is 0 Å². The molecule has 4 nitrogen and oxygen atoms in total. The lowest BCUT2D eigenvalue weighted by Gasteiger charge is -2.24. The molecule has 0 amide bonds. The van der Waals surface area contributed by atoms with Crippen LogP contribution in [0.5, 0.6) is 0 Å². The van der Waals surface area contributed by atoms with Gasteiger partial charge in [-0.15, -0.1) is 0 Å². The van der Waals surface area contributed by atoms with Gasteiger partial charge in [-0.1, -0.05) is 0 Å². The van der Waals surface area contributed by atoms with Gasteiger partial charge in [-0.3, -0.25) is 9.97 Å². The molecule has 76 valence electrons. The highest BCUT2D eigenvalue weighted by atomic mass is 16.5. The van der Waals surface area contributed by atoms with Crippen molar-refractivity contribution in [2.45, 2.75) is 24.9 Å². The fraction of sp³-hybridized carbons (Fsp3) is 0.600. The van der Waals surface area contributed by atoms with Crippen molar-refractivity contribution in [3.63, 3.8) is 0 Å². The van der Waals surface area contributed by atoms with Crippen LogP contribution in [-0.2, 0) is 10.3 Å². The average Bonchev–Trinajstić information content (AvgIpc) is 2.46. The quantitative estimate of drug-likeness (QED) is 0.720. The molecule has 0 bridgehead atoms. The second-order valence-electron chi connectivity index (χ2n) is 3.59. The Morgan fingerprint density at radius 2 is 2.21 bits per heavy atom. The first kappa shape index (κ1) is 9.55. The minimum absolute atomic E-state index is 0.590. The summed E-state index contributed by atoms with van der Waals surface area (Å²) in [5.74, 6) is 0. The fourth-order valence-electron chi connectivity index (χ4n) is 1.73. The van der Waals surface area contributed by atoms with E-state index in [-0.39, 0.29) is 0 Å². The van der Waals surface area contributed by atoms with Gasteiger partial charge in [-0.2, -0.15) is 0 Å². The van der Waals surface area contributed by atoms with Crippen molar-refractivity contribution in [1.29, 1.82) is 0 Å². The summed E-state index contributed by atoms with van der Waals surface area (Å²) < 4.78 is 5.30. The van der Waals surface area contributed by atoms with Crippen molar-refractivity contribution < 1.29 is 9.84 Å². The van der Waals surface area contributed by atoms with Gasteiger partial charge in [-0.05, 0) is 12.8 Å². The molecule has 1 N–H and O–H groups in total. The van der Waals surface area contributed by atoms with Crippen LogP contribution in [0.25, 0.3) is 0 Å². The Morgan fingerprint density at radius 1 is 1.29 bits per heavy atom. The van der Waals surface area contributed by atoms with E-state index in [1.54, 1.807) is 18.6 Å². The lowest BCUT2D eigenvalue weighted by molar-refractivity contribution is 0.0101. The zero-order valence-electron chi connectivity index (χ0n) is 8.02. The highest BCUT2D eigenvalue weighted by Crippen LogP contribution is 2.29. The molecular formula is C10H14N2O2. The molecular weight excluding hydrogens is 180 g/mol. The lowest BCUT2D eigenvalue weighted by atomic mass is 9.91. The Balaban J connectivity index is 2.21. The molecule has 14 heavy (non-hydrogen) atoms. The monoisotopic (exact) mass is 194 g/mol. The van der Waals surface area contributed by atoms with E-state index in [0.29, 0.717) is 25.1 Å². The Morgan fingerprint density at radius 3 is 3.00 bits per heavy atom. The SMILES string of the molecule is OC1(c2cnccn2)CCCOCC1. The van der Waals surface area contributed by atoms with Crippen LogP contribution in [0.1, 0.15) is 25.0 Å². The lowest BCUT2D eigenvalue weighted by Crippen LogP contribution is -2.27. The highest BCUT2D eigenvalue weighted by molar-refractivity contribution is 5.08. The van der Waals surface area contributed by atoms with Gasteiger partial charge in [0.2, 0.25) is 0 Å². The van der Waals surface area contributed by atoms with Crippen molar-refractivity contribution >= 4 is 0 Å². The first-order valence-electron chi connectivity index (χ1n) is 4.88. The molecule has 2 rings (SSSR count). The first-order chi connectivity index (χ1) is 6.81. The van der Waals surface area contributed by atoms with Crippen LogP contribution < -0.4 is 0 Å². The molecule has 0 spiro atoms. The number of nitrogens with zero attached hydrogens (tertiary/aromatic N) is 2. The van der Waals surface area contributed by atoms with Gasteiger partial charge in [0.1, 0.15) is 5.60 Å². The first-order valence-corrected chi connectivity index (χ1v) is 4.88. The minimum atomic E-state index is -0.842. The molecule has 1 aliphatic rings. The van der Waals surface area contributed by atoms with Crippen molar-refractivity contribution in [2.24, 2.45) is 0 Å². The Labute approximate surface area is 83.0 Å². The van der Waals surface area contributed by atoms with E-state index < -0.39 is 5.60 Å². The molecule has 0 radical (unpaired) electrons. The van der Waals surface area contributed by atoms with Crippen molar-refractivity contribution in [3.05, 3.63) is 24.3 Å². The predicted octanol–water partition coefficient (Wildman–Crippen LogP) is 0.865. The molecule has 0 aliphatic carbocycles. The van der Waals surface area contributed by atoms with Gasteiger partial charge in [0.05, 0.1) is 11.9 Å². The van der Waals surface area contributed by atoms with Crippen LogP contribution in [0.4, 0.5) is 0 Å². The molecule has 2 heterocycles. The molecule has 1 fully saturated rings. The number of aromatic nitrogens is 2. The zero-order chi connectivity index (χ0) is 9.86. The van der Waals surface area contributed by atoms with Crippen LogP contribution in [0, 0.1) is 0 Å². The van der Waals surface area contributed by atoms with Crippen LogP contribution in [0.3, 0.4) is 0 Å². The minimum Gasteiger partial charge on any atom is -0.383 e. The van der Waals surface area contributed by atoms with Gasteiger partial charge >= 0.3 is 0 Å². The maximum Gasteiger partial charge on any atom is 0.110 e. The fourth-order valence-corrected chi connectivity index (χ4v) is 1.73. The Hall–Kier alpha value is -1.00. The smallest absolute Gasteiger partial charge is 0.110 e. The van der Waals surface area contributed by atoms with E-state index >= 15 is 0 Å². The maximum absolute atomic E-state index is 10.3. The van der Waals surface area contributed by atoms with E-state index in [1.165, 1.54) is 0 Å². The number of hydrogen-bond acceptors (Lipinski definition) is 4. The van der Waals surface area contributed by atoms with E-state index in [0.717, 1.165) is 13.0 Å². The molecule has 1 saturated heterocycles. The molecule has 1 atom stereocenters. The summed E-state index contributed by atoms with van der Waals surface area (Å²) in [5, 5.41) is 10.3. The van der Waals surface area contributed by atoms with E-state index in [2.05, 4.69) is 9.97 Å². The number of hydrogen-bond donors (Lipinski definition) is 1. The van der Waals surface area contributed by atoms with Gasteiger partial charge < -0.3 is 9.84 Å². The molecule has 4 heteroatoms. The summed E-state index contributed by atoms with van der Waals surface area (Å²) in [7, 11) is 0. The van der Waals surface area contributed by atoms with Crippen LogP contribution in [0.2, 0.25) is 0 Å². The van der Waals surface area contributed by atoms with Gasteiger partial charge in [0.25, 0.3) is 0 Å². The predicted molar refractivity (Wildman–Crippen MR) is 50.6 cm³/mol. The van der Waals surface area contributed by atoms with Crippen molar-refractivity contribution in [2.75, 3.05) is 13.2 Å². The van der Waals surface area contributed by atoms with E-state index in [4.69, 9.17) is 4.74 Å². The maximum atomic E-state index is 10.3. The molecule has 1 aliphatic heterocycles. The molecule has 1 aromatic heterocycles. The third-order valence-corrected chi connectivity index (χ3v) is 2.58. The summed E-state index contributed by atoms with van der Waals surface area (Å²) in [6.45, 7) is 1.32. The van der Waals surface area contributed by atoms with Crippen LogP contribution >= 0.6 is 0 Å². The second kappa shape index (κ2) is 4.02. The number of ether oxygens (including phenoxy) is 1. The second-order valence-corrected chi connectivity index (χ2v) is 3.59. The van der Waals surface area contributed by atoms with Crippen molar-refractivity contribution in [3.8, 4) is 0 Å². The summed E-state index contributed by atoms with van der Waals surface area (Å²) in [6.07, 6.45) is 7.02. The molecule has 1 unspecified atom stereocenters. The summed E-state index contributed by atoms with van der Waals surface area (Å²) in [6, 6.07) is 0. The largest absolute Gasteiger partial charge is 0.383 e. The molecule has 0 aromatic carbocycles. The number of rotatable bonds is 1. The van der Waals surface area contributed by atoms with Gasteiger partial charge in [0, 0.05) is 32.0 Å². The average molecular weight is 194 g/mol. The summed E-state index contributed by atoms with van der Waals surface area (Å²) in [4.78, 5) is 8.12. The topological polar surface area (TPSA) is 55.2 Å². The summed E-state index contributed by atoms with van der Waals surface area (Å²) in [5.41, 5.74) is -0.185. The van der Waals surface area contributed by atoms with Crippen LogP contribution in [0.15, 0.2) is 18.6 Å². The summed E-state index contributed by atoms with van der Waals surface area (Å²) >= 11 is 0. The third kappa shape index (κ3) is 1.91. The Bertz CT molecular complexity index is 281. The van der Waals surface area contributed by atoms with E-state index in [9.17, 15) is 5.11 Å². The van der Waals surface area contributed by atoms with Crippen LogP contribution in [-0.4, -0.2) is 28.3 Å². The highest BCUT2D eigenvalue weighted by Gasteiger charge is 2.31. The third-order valence-electron chi connectivity index (χ3n) is 2.58. The van der Waals surface area contributed by atoms with Crippen molar-refractivity contribution in [1.82, 2.24) is 9.97 Å². The van der Waals surface area contributed by atoms with E-state index in [1.807, 2.05) is 0 Å². The van der Waals surface area contributed by atoms with Gasteiger partial charge in [0.15, 0.2) is 0 Å². The molecule has 1 aromatic rings. The number of aliphatic hydroxyl groups is 1. The Kier molecular flexibility index (Phi) is 2.74. The zero-order valence-corrected chi connectivity index (χ0v) is 8.02.